The van der Waals surface area contributed by atoms with Crippen molar-refractivity contribution in [2.45, 2.75) is 93.9 Å². The molecule has 2 heterocycles. The molecule has 0 spiro atoms. The van der Waals surface area contributed by atoms with Crippen molar-refractivity contribution in [2.24, 2.45) is 16.5 Å². The number of nitrogens with two attached hydrogens (primary N) is 2. The maximum atomic E-state index is 11.1. The van der Waals surface area contributed by atoms with Crippen LogP contribution in [0.5, 0.6) is 0 Å². The van der Waals surface area contributed by atoms with Gasteiger partial charge >= 0.3 is 17.9 Å². The maximum Gasteiger partial charge on any atom is 0.370 e. The number of hydrogen-bond acceptors (Lipinski definition) is 18. The summed E-state index contributed by atoms with van der Waals surface area (Å²) in [5.74, 6) is -9.44. The van der Waals surface area contributed by atoms with Crippen molar-refractivity contribution < 1.29 is 99.5 Å². The van der Waals surface area contributed by atoms with Crippen LogP contribution in [-0.4, -0.2) is 183 Å². The molecular formula is C32H48N6O20. The molecule has 3 amide bonds. The fraction of sp³-hybridized carbons (Fsp3) is 0.531. The van der Waals surface area contributed by atoms with Crippen molar-refractivity contribution in [3.05, 3.63) is 35.6 Å². The van der Waals surface area contributed by atoms with Crippen LogP contribution in [0.3, 0.4) is 0 Å². The van der Waals surface area contributed by atoms with Gasteiger partial charge in [-0.25, -0.2) is 19.4 Å². The second-order valence-electron chi connectivity index (χ2n) is 12.5. The molecule has 0 aromatic heterocycles. The maximum absolute atomic E-state index is 11.1. The van der Waals surface area contributed by atoms with Crippen LogP contribution in [0, 0.1) is 0 Å². The van der Waals surface area contributed by atoms with Crippen LogP contribution in [0.4, 0.5) is 11.4 Å². The third-order valence-electron chi connectivity index (χ3n) is 7.82. The topological polar surface area (TPSA) is 464 Å². The highest BCUT2D eigenvalue weighted by Gasteiger charge is 2.54. The van der Waals surface area contributed by atoms with E-state index in [1.807, 2.05) is 0 Å². The Balaban J connectivity index is 0.000000437. The number of ether oxygens (including phenoxy) is 2. The van der Waals surface area contributed by atoms with Crippen molar-refractivity contribution in [3.63, 3.8) is 0 Å². The van der Waals surface area contributed by atoms with Crippen LogP contribution < -0.4 is 27.4 Å². The van der Waals surface area contributed by atoms with Crippen molar-refractivity contribution in [3.8, 4) is 0 Å². The van der Waals surface area contributed by atoms with Gasteiger partial charge in [-0.2, -0.15) is 0 Å². The Morgan fingerprint density at radius 2 is 1.34 bits per heavy atom. The van der Waals surface area contributed by atoms with E-state index in [9.17, 15) is 64.5 Å². The first-order valence-corrected chi connectivity index (χ1v) is 16.6. The SMILES string of the molecule is CC(=O)NC1C(O)C=C(C(=O)O)OC1C(O)C(O)CO.CC(=O)NC1C(O)CC(O)(C(=O)O)OC1C(O)C(O)CO.CC(=O)Nc1ccc(C(=O)O)cc1N=C(N)N. The average molecular weight is 837 g/mol. The number of carbonyl (C=O) groups excluding carboxylic acids is 3. The van der Waals surface area contributed by atoms with Gasteiger partial charge in [0.05, 0.1) is 48.3 Å². The second-order valence-corrected chi connectivity index (χ2v) is 12.5. The molecule has 1 aromatic rings. The third-order valence-corrected chi connectivity index (χ3v) is 7.82. The zero-order valence-electron chi connectivity index (χ0n) is 30.9. The number of benzene rings is 1. The van der Waals surface area contributed by atoms with Gasteiger partial charge in [-0.1, -0.05) is 0 Å². The number of anilines is 1. The molecular weight excluding hydrogens is 788 g/mol. The Kier molecular flexibility index (Phi) is 19.5. The molecule has 1 aromatic carbocycles. The predicted octanol–water partition coefficient (Wildman–Crippen LogP) is -6.69. The van der Waals surface area contributed by atoms with E-state index in [0.717, 1.165) is 19.9 Å². The minimum Gasteiger partial charge on any atom is -0.478 e. The molecule has 0 radical (unpaired) electrons. The number of aliphatic hydroxyl groups excluding tert-OH is 8. The number of nitrogens with zero attached hydrogens (tertiary/aromatic N) is 1. The van der Waals surface area contributed by atoms with Crippen LogP contribution in [0.1, 0.15) is 37.6 Å². The Labute approximate surface area is 327 Å². The lowest BCUT2D eigenvalue weighted by atomic mass is 9.88. The normalized spacial score (nSPS) is 25.7. The van der Waals surface area contributed by atoms with Crippen molar-refractivity contribution in [1.82, 2.24) is 10.6 Å². The van der Waals surface area contributed by atoms with E-state index < -0.39 is 122 Å². The summed E-state index contributed by atoms with van der Waals surface area (Å²) in [5, 5.41) is 119. The van der Waals surface area contributed by atoms with E-state index in [1.54, 1.807) is 0 Å². The molecule has 11 unspecified atom stereocenters. The van der Waals surface area contributed by atoms with Gasteiger partial charge in [-0.3, -0.25) is 14.4 Å². The fourth-order valence-corrected chi connectivity index (χ4v) is 5.17. The standard InChI is InChI=1S/C11H19NO9.C11H17NO8.C10H12N4O3/c1-4(14)12-7-5(15)2-11(20,10(18)19)21-9(7)8(17)6(16)3-13;1-4(14)12-8-5(15)2-7(11(18)19)20-10(8)9(17)6(16)3-13;1-5(15)13-7-3-2-6(9(16)17)4-8(7)14-10(11)12/h5-9,13,15-17,20H,2-3H2,1H3,(H,12,14)(H,18,19);2,5-6,8-10,13,15-17H,3H2,1H3,(H,12,14)(H,18,19);2-4H,1H3,(H,13,15)(H,16,17)(H4,11,12,14). The molecule has 1 fully saturated rings. The van der Waals surface area contributed by atoms with E-state index >= 15 is 0 Å². The molecule has 2 aliphatic rings. The van der Waals surface area contributed by atoms with Gasteiger partial charge < -0.3 is 98.2 Å². The molecule has 3 rings (SSSR count). The van der Waals surface area contributed by atoms with E-state index in [1.165, 1.54) is 25.1 Å². The molecule has 19 N–H and O–H groups in total. The average Bonchev–Trinajstić information content (AvgIpc) is 3.12. The molecule has 26 nitrogen and oxygen atoms in total. The van der Waals surface area contributed by atoms with E-state index in [0.29, 0.717) is 5.69 Å². The van der Waals surface area contributed by atoms with Crippen molar-refractivity contribution in [2.75, 3.05) is 18.5 Å². The second kappa shape index (κ2) is 22.4. The van der Waals surface area contributed by atoms with Gasteiger partial charge in [-0.05, 0) is 24.3 Å². The van der Waals surface area contributed by atoms with Crippen LogP contribution in [0.2, 0.25) is 0 Å². The lowest BCUT2D eigenvalue weighted by Crippen LogP contribution is -2.67. The number of carboxylic acid groups (broad SMARTS) is 3. The summed E-state index contributed by atoms with van der Waals surface area (Å²) in [6.45, 7) is 1.95. The number of aliphatic hydroxyl groups is 9. The number of amides is 3. The van der Waals surface area contributed by atoms with Gasteiger partial charge in [-0.15, -0.1) is 0 Å². The number of aliphatic imine (C=N–C) groups is 1. The van der Waals surface area contributed by atoms with Crippen LogP contribution in [0.25, 0.3) is 0 Å². The smallest absolute Gasteiger partial charge is 0.370 e. The van der Waals surface area contributed by atoms with Crippen LogP contribution in [-0.2, 0) is 33.4 Å². The molecule has 326 valence electrons. The Morgan fingerprint density at radius 1 is 0.828 bits per heavy atom. The first-order valence-electron chi connectivity index (χ1n) is 16.6. The number of hydrogen-bond donors (Lipinski definition) is 17. The summed E-state index contributed by atoms with van der Waals surface area (Å²) < 4.78 is 9.85. The summed E-state index contributed by atoms with van der Waals surface area (Å²) in [6.07, 6.45) is -12.8. The van der Waals surface area contributed by atoms with E-state index in [-0.39, 0.29) is 23.1 Å². The lowest BCUT2D eigenvalue weighted by Gasteiger charge is -2.44. The van der Waals surface area contributed by atoms with Gasteiger partial charge in [0, 0.05) is 27.2 Å². The minimum absolute atomic E-state index is 0.0269. The highest BCUT2D eigenvalue weighted by atomic mass is 16.7. The lowest BCUT2D eigenvalue weighted by molar-refractivity contribution is -0.295. The number of carboxylic acids is 3. The number of nitrogens with one attached hydrogen (secondary N) is 3. The monoisotopic (exact) mass is 836 g/mol. The number of carbonyl (C=O) groups is 6. The highest BCUT2D eigenvalue weighted by Crippen LogP contribution is 2.31. The van der Waals surface area contributed by atoms with E-state index in [2.05, 4.69) is 20.9 Å². The fourth-order valence-electron chi connectivity index (χ4n) is 5.17. The van der Waals surface area contributed by atoms with Crippen LogP contribution in [0.15, 0.2) is 35.0 Å². The molecule has 58 heavy (non-hydrogen) atoms. The van der Waals surface area contributed by atoms with Crippen molar-refractivity contribution in [1.29, 1.82) is 0 Å². The quantitative estimate of drug-likeness (QED) is 0.0648. The molecule has 1 saturated heterocycles. The molecule has 0 aliphatic carbocycles. The first kappa shape index (κ1) is 50.5. The summed E-state index contributed by atoms with van der Waals surface area (Å²) >= 11 is 0. The van der Waals surface area contributed by atoms with Crippen LogP contribution >= 0.6 is 0 Å². The summed E-state index contributed by atoms with van der Waals surface area (Å²) in [6, 6.07) is 1.62. The molecule has 26 heteroatoms. The van der Waals surface area contributed by atoms with Crippen molar-refractivity contribution >= 4 is 53.0 Å². The van der Waals surface area contributed by atoms with Gasteiger partial charge in [0.15, 0.2) is 12.1 Å². The largest absolute Gasteiger partial charge is 0.478 e. The molecule has 11 atom stereocenters. The molecule has 2 aliphatic heterocycles. The van der Waals surface area contributed by atoms with Gasteiger partial charge in [0.25, 0.3) is 5.79 Å². The number of aliphatic carboxylic acids is 2. The Bertz CT molecular complexity index is 1690. The minimum atomic E-state index is -2.78. The molecule has 0 saturated carbocycles. The third kappa shape index (κ3) is 14.8. The van der Waals surface area contributed by atoms with Gasteiger partial charge in [0.2, 0.25) is 23.5 Å². The summed E-state index contributed by atoms with van der Waals surface area (Å²) in [7, 11) is 0. The summed E-state index contributed by atoms with van der Waals surface area (Å²) in [5.41, 5.74) is 11.0. The Morgan fingerprint density at radius 3 is 1.78 bits per heavy atom. The Hall–Kier alpha value is -5.55. The predicted molar refractivity (Wildman–Crippen MR) is 191 cm³/mol. The number of aromatic carboxylic acids is 1. The number of guanidine groups is 1. The van der Waals surface area contributed by atoms with E-state index in [4.69, 9.17) is 46.5 Å². The highest BCUT2D eigenvalue weighted by molar-refractivity contribution is 5.96. The first-order chi connectivity index (χ1) is 26.8. The molecule has 0 bridgehead atoms. The zero-order valence-corrected chi connectivity index (χ0v) is 30.9. The zero-order chi connectivity index (χ0) is 44.8. The van der Waals surface area contributed by atoms with Gasteiger partial charge in [0.1, 0.15) is 36.6 Å². The number of rotatable bonds is 13. The summed E-state index contributed by atoms with van der Waals surface area (Å²) in [4.78, 5) is 69.5.